The summed E-state index contributed by atoms with van der Waals surface area (Å²) in [4.78, 5) is 14.7. The first-order valence-electron chi connectivity index (χ1n) is 9.71. The van der Waals surface area contributed by atoms with Crippen molar-refractivity contribution >= 4 is 46.2 Å². The van der Waals surface area contributed by atoms with Gasteiger partial charge in [-0.05, 0) is 73.3 Å². The smallest absolute Gasteiger partial charge is 0.257 e. The van der Waals surface area contributed by atoms with Crippen molar-refractivity contribution in [3.8, 4) is 0 Å². The van der Waals surface area contributed by atoms with Gasteiger partial charge in [0.15, 0.2) is 5.11 Å². The molecule has 2 aromatic rings. The molecular formula is C22H26ClN3OS. The zero-order chi connectivity index (χ0) is 20.1. The highest BCUT2D eigenvalue weighted by molar-refractivity contribution is 7.80. The summed E-state index contributed by atoms with van der Waals surface area (Å²) in [6.45, 7) is 6.32. The zero-order valence-corrected chi connectivity index (χ0v) is 17.9. The van der Waals surface area contributed by atoms with Crippen LogP contribution < -0.4 is 15.5 Å². The molecule has 0 unspecified atom stereocenters. The van der Waals surface area contributed by atoms with Gasteiger partial charge in [0.05, 0.1) is 10.7 Å². The van der Waals surface area contributed by atoms with Crippen LogP contribution in [0.2, 0.25) is 5.02 Å². The standard InChI is InChI=1S/C22H26ClN3OS/c1-15(2)16-6-8-17(9-7-16)21(27)25-22(28)24-18-10-11-20(19(23)14-18)26-12-4-3-5-13-26/h6-11,14-15H,3-5,12-13H2,1-2H3,(H2,24,25,27,28). The minimum absolute atomic E-state index is 0.233. The average Bonchev–Trinajstić information content (AvgIpc) is 2.68. The van der Waals surface area contributed by atoms with Crippen molar-refractivity contribution in [2.75, 3.05) is 23.3 Å². The predicted molar refractivity (Wildman–Crippen MR) is 122 cm³/mol. The van der Waals surface area contributed by atoms with Crippen LogP contribution in [0.1, 0.15) is 54.9 Å². The van der Waals surface area contributed by atoms with Crippen molar-refractivity contribution in [1.82, 2.24) is 5.32 Å². The fraction of sp³-hybridized carbons (Fsp3) is 0.364. The van der Waals surface area contributed by atoms with Crippen LogP contribution in [0, 0.1) is 0 Å². The molecule has 1 heterocycles. The van der Waals surface area contributed by atoms with E-state index in [4.69, 9.17) is 23.8 Å². The summed E-state index contributed by atoms with van der Waals surface area (Å²) in [7, 11) is 0. The van der Waals surface area contributed by atoms with Crippen LogP contribution in [0.25, 0.3) is 0 Å². The lowest BCUT2D eigenvalue weighted by atomic mass is 10.0. The average molecular weight is 416 g/mol. The number of amides is 1. The first-order chi connectivity index (χ1) is 13.4. The lowest BCUT2D eigenvalue weighted by Crippen LogP contribution is -2.34. The van der Waals surface area contributed by atoms with Gasteiger partial charge in [-0.1, -0.05) is 37.6 Å². The number of piperidine rings is 1. The second-order valence-electron chi connectivity index (χ2n) is 7.40. The van der Waals surface area contributed by atoms with Crippen molar-refractivity contribution in [2.24, 2.45) is 0 Å². The van der Waals surface area contributed by atoms with Gasteiger partial charge in [0.2, 0.25) is 0 Å². The number of carbonyl (C=O) groups is 1. The van der Waals surface area contributed by atoms with Gasteiger partial charge in [-0.3, -0.25) is 10.1 Å². The summed E-state index contributed by atoms with van der Waals surface area (Å²) < 4.78 is 0. The molecule has 0 saturated carbocycles. The van der Waals surface area contributed by atoms with Crippen LogP contribution in [-0.4, -0.2) is 24.1 Å². The van der Waals surface area contributed by atoms with Gasteiger partial charge >= 0.3 is 0 Å². The Morgan fingerprint density at radius 1 is 1.07 bits per heavy atom. The van der Waals surface area contributed by atoms with E-state index in [1.807, 2.05) is 42.5 Å². The van der Waals surface area contributed by atoms with Gasteiger partial charge < -0.3 is 10.2 Å². The number of thiocarbonyl (C=S) groups is 1. The summed E-state index contributed by atoms with van der Waals surface area (Å²) in [6, 6.07) is 13.4. The molecule has 148 valence electrons. The number of nitrogens with zero attached hydrogens (tertiary/aromatic N) is 1. The quantitative estimate of drug-likeness (QED) is 0.639. The number of rotatable bonds is 4. The number of carbonyl (C=O) groups excluding carboxylic acids is 1. The normalized spacial score (nSPS) is 14.1. The Morgan fingerprint density at radius 3 is 2.36 bits per heavy atom. The van der Waals surface area contributed by atoms with Gasteiger partial charge in [-0.15, -0.1) is 0 Å². The van der Waals surface area contributed by atoms with E-state index in [-0.39, 0.29) is 11.0 Å². The molecule has 2 N–H and O–H groups in total. The maximum Gasteiger partial charge on any atom is 0.257 e. The monoisotopic (exact) mass is 415 g/mol. The molecule has 0 radical (unpaired) electrons. The Balaban J connectivity index is 1.59. The molecule has 28 heavy (non-hydrogen) atoms. The zero-order valence-electron chi connectivity index (χ0n) is 16.3. The minimum Gasteiger partial charge on any atom is -0.370 e. The maximum atomic E-state index is 12.4. The first kappa shape index (κ1) is 20.6. The molecule has 0 bridgehead atoms. The van der Waals surface area contributed by atoms with Crippen molar-refractivity contribution in [3.05, 3.63) is 58.6 Å². The molecule has 0 atom stereocenters. The third kappa shape index (κ3) is 5.24. The maximum absolute atomic E-state index is 12.4. The van der Waals surface area contributed by atoms with Crippen LogP contribution in [0.5, 0.6) is 0 Å². The summed E-state index contributed by atoms with van der Waals surface area (Å²) in [5, 5.41) is 6.69. The Labute approximate surface area is 177 Å². The van der Waals surface area contributed by atoms with Crippen LogP contribution >= 0.6 is 23.8 Å². The fourth-order valence-electron chi connectivity index (χ4n) is 3.33. The second kappa shape index (κ2) is 9.39. The molecule has 2 aromatic carbocycles. The van der Waals surface area contributed by atoms with Crippen LogP contribution in [0.15, 0.2) is 42.5 Å². The molecule has 1 amide bonds. The Morgan fingerprint density at radius 2 is 1.75 bits per heavy atom. The molecule has 4 nitrogen and oxygen atoms in total. The molecule has 1 saturated heterocycles. The number of benzene rings is 2. The molecular weight excluding hydrogens is 390 g/mol. The van der Waals surface area contributed by atoms with E-state index in [1.165, 1.54) is 24.8 Å². The van der Waals surface area contributed by atoms with E-state index in [0.29, 0.717) is 16.5 Å². The number of hydrogen-bond acceptors (Lipinski definition) is 3. The number of hydrogen-bond donors (Lipinski definition) is 2. The second-order valence-corrected chi connectivity index (χ2v) is 8.21. The third-order valence-electron chi connectivity index (χ3n) is 4.97. The van der Waals surface area contributed by atoms with E-state index in [1.54, 1.807) is 0 Å². The highest BCUT2D eigenvalue weighted by Gasteiger charge is 2.15. The van der Waals surface area contributed by atoms with Gasteiger partial charge in [0.1, 0.15) is 0 Å². The van der Waals surface area contributed by atoms with E-state index in [9.17, 15) is 4.79 Å². The lowest BCUT2D eigenvalue weighted by molar-refractivity contribution is 0.0977. The van der Waals surface area contributed by atoms with Crippen molar-refractivity contribution in [1.29, 1.82) is 0 Å². The van der Waals surface area contributed by atoms with Crippen LogP contribution in [-0.2, 0) is 0 Å². The highest BCUT2D eigenvalue weighted by Crippen LogP contribution is 2.30. The lowest BCUT2D eigenvalue weighted by Gasteiger charge is -2.29. The molecule has 1 fully saturated rings. The number of nitrogens with one attached hydrogen (secondary N) is 2. The van der Waals surface area contributed by atoms with Crippen molar-refractivity contribution in [2.45, 2.75) is 39.0 Å². The van der Waals surface area contributed by atoms with Crippen molar-refractivity contribution in [3.63, 3.8) is 0 Å². The first-order valence-corrected chi connectivity index (χ1v) is 10.5. The third-order valence-corrected chi connectivity index (χ3v) is 5.48. The Hall–Kier alpha value is -2.11. The van der Waals surface area contributed by atoms with Gasteiger partial charge in [0.25, 0.3) is 5.91 Å². The topological polar surface area (TPSA) is 44.4 Å². The minimum atomic E-state index is -0.233. The summed E-state index contributed by atoms with van der Waals surface area (Å²) >= 11 is 11.8. The number of halogens is 1. The molecule has 3 rings (SSSR count). The van der Waals surface area contributed by atoms with E-state index in [2.05, 4.69) is 29.4 Å². The highest BCUT2D eigenvalue weighted by atomic mass is 35.5. The van der Waals surface area contributed by atoms with E-state index >= 15 is 0 Å². The Kier molecular flexibility index (Phi) is 6.92. The number of anilines is 2. The largest absolute Gasteiger partial charge is 0.370 e. The molecule has 0 aliphatic carbocycles. The van der Waals surface area contributed by atoms with E-state index < -0.39 is 0 Å². The van der Waals surface area contributed by atoms with E-state index in [0.717, 1.165) is 24.5 Å². The summed E-state index contributed by atoms with van der Waals surface area (Å²) in [5.74, 6) is 0.196. The molecule has 1 aliphatic rings. The van der Waals surface area contributed by atoms with Crippen molar-refractivity contribution < 1.29 is 4.79 Å². The SMILES string of the molecule is CC(C)c1ccc(C(=O)NC(=S)Nc2ccc(N3CCCCC3)c(Cl)c2)cc1. The van der Waals surface area contributed by atoms with Crippen LogP contribution in [0.3, 0.4) is 0 Å². The van der Waals surface area contributed by atoms with Gasteiger partial charge in [-0.2, -0.15) is 0 Å². The molecule has 6 heteroatoms. The van der Waals surface area contributed by atoms with Gasteiger partial charge in [0, 0.05) is 24.3 Å². The van der Waals surface area contributed by atoms with Crippen LogP contribution in [0.4, 0.5) is 11.4 Å². The molecule has 0 spiro atoms. The summed E-state index contributed by atoms with van der Waals surface area (Å²) in [5.41, 5.74) is 3.58. The summed E-state index contributed by atoms with van der Waals surface area (Å²) in [6.07, 6.45) is 3.68. The fourth-order valence-corrected chi connectivity index (χ4v) is 3.84. The van der Waals surface area contributed by atoms with Gasteiger partial charge in [-0.25, -0.2) is 0 Å². The Bertz CT molecular complexity index is 845. The molecule has 1 aliphatic heterocycles. The predicted octanol–water partition coefficient (Wildman–Crippen LogP) is 5.58. The molecule has 0 aromatic heterocycles.